The van der Waals surface area contributed by atoms with Crippen LogP contribution in [0.15, 0.2) is 48.5 Å². The van der Waals surface area contributed by atoms with Gasteiger partial charge in [0.25, 0.3) is 5.91 Å². The van der Waals surface area contributed by atoms with Crippen LogP contribution in [0.2, 0.25) is 0 Å². The van der Waals surface area contributed by atoms with Crippen LogP contribution < -0.4 is 25.0 Å². The van der Waals surface area contributed by atoms with E-state index in [0.29, 0.717) is 24.6 Å². The summed E-state index contributed by atoms with van der Waals surface area (Å²) in [5.41, 5.74) is 1.89. The Morgan fingerprint density at radius 1 is 1.00 bits per heavy atom. The zero-order chi connectivity index (χ0) is 19.6. The first-order valence-corrected chi connectivity index (χ1v) is 8.66. The summed E-state index contributed by atoms with van der Waals surface area (Å²) < 4.78 is 10.7. The van der Waals surface area contributed by atoms with Gasteiger partial charge in [-0.25, -0.2) is 4.79 Å². The second-order valence-electron chi connectivity index (χ2n) is 6.18. The molecule has 144 valence electrons. The average molecular weight is 372 g/mol. The summed E-state index contributed by atoms with van der Waals surface area (Å²) in [6.07, 6.45) is 0. The monoisotopic (exact) mass is 372 g/mol. The third kappa shape index (κ3) is 6.31. The number of amides is 3. The van der Waals surface area contributed by atoms with Crippen LogP contribution in [-0.2, 0) is 17.9 Å². The van der Waals surface area contributed by atoms with Crippen molar-refractivity contribution >= 4 is 11.9 Å². The van der Waals surface area contributed by atoms with Gasteiger partial charge in [-0.2, -0.15) is 0 Å². The first-order valence-electron chi connectivity index (χ1n) is 8.66. The molecule has 0 aliphatic carbocycles. The lowest BCUT2D eigenvalue weighted by Gasteiger charge is -2.17. The number of rotatable bonds is 8. The number of imide groups is 1. The van der Waals surface area contributed by atoms with Crippen molar-refractivity contribution in [3.63, 3.8) is 0 Å². The van der Waals surface area contributed by atoms with E-state index in [-0.39, 0.29) is 12.5 Å². The van der Waals surface area contributed by atoms with Crippen molar-refractivity contribution in [1.29, 1.82) is 0 Å². The van der Waals surface area contributed by atoms with Crippen LogP contribution in [0.5, 0.6) is 11.5 Å². The Bertz CT molecular complexity index is 765. The quantitative estimate of drug-likeness (QED) is 0.639. The highest BCUT2D eigenvalue weighted by Crippen LogP contribution is 2.29. The number of quaternary nitrogens is 1. The fourth-order valence-corrected chi connectivity index (χ4v) is 2.75. The zero-order valence-electron chi connectivity index (χ0n) is 15.9. The molecule has 3 N–H and O–H groups in total. The molecule has 0 saturated heterocycles. The Hall–Kier alpha value is -3.06. The fourth-order valence-electron chi connectivity index (χ4n) is 2.75. The maximum absolute atomic E-state index is 12.1. The molecular weight excluding hydrogens is 346 g/mol. The molecule has 0 heterocycles. The Morgan fingerprint density at radius 2 is 1.74 bits per heavy atom. The standard InChI is InChI=1S/C20H25N3O4/c1-23(13-16-10-7-11-17(26-2)19(16)27-3)14-18(24)22-20(25)21-12-15-8-5-4-6-9-15/h4-11H,12-14H2,1-3H3,(H2,21,22,24,25)/p+1. The van der Waals surface area contributed by atoms with Gasteiger partial charge in [0.2, 0.25) is 0 Å². The van der Waals surface area contributed by atoms with Crippen LogP contribution in [0.4, 0.5) is 4.79 Å². The van der Waals surface area contributed by atoms with Gasteiger partial charge in [0.15, 0.2) is 18.0 Å². The number of carbonyl (C=O) groups is 2. The molecule has 2 aromatic carbocycles. The van der Waals surface area contributed by atoms with Crippen LogP contribution in [0.1, 0.15) is 11.1 Å². The minimum Gasteiger partial charge on any atom is -0.493 e. The number of para-hydroxylation sites is 1. The van der Waals surface area contributed by atoms with Crippen LogP contribution >= 0.6 is 0 Å². The van der Waals surface area contributed by atoms with E-state index in [2.05, 4.69) is 10.6 Å². The topological polar surface area (TPSA) is 81.1 Å². The first-order chi connectivity index (χ1) is 13.0. The molecule has 0 radical (unpaired) electrons. The van der Waals surface area contributed by atoms with Gasteiger partial charge in [0.05, 0.1) is 26.8 Å². The number of methoxy groups -OCH3 is 2. The van der Waals surface area contributed by atoms with Gasteiger partial charge in [-0.1, -0.05) is 36.4 Å². The number of benzene rings is 2. The molecule has 0 saturated carbocycles. The van der Waals surface area contributed by atoms with E-state index < -0.39 is 6.03 Å². The van der Waals surface area contributed by atoms with Crippen molar-refractivity contribution < 1.29 is 24.0 Å². The first kappa shape index (κ1) is 20.3. The second kappa shape index (κ2) is 10.2. The van der Waals surface area contributed by atoms with Crippen LogP contribution in [0.3, 0.4) is 0 Å². The molecule has 3 amide bonds. The van der Waals surface area contributed by atoms with E-state index in [1.807, 2.05) is 55.6 Å². The molecule has 1 unspecified atom stereocenters. The summed E-state index contributed by atoms with van der Waals surface area (Å²) in [7, 11) is 5.04. The highest BCUT2D eigenvalue weighted by molar-refractivity contribution is 5.94. The molecule has 0 aliphatic rings. The van der Waals surface area contributed by atoms with E-state index in [0.717, 1.165) is 16.0 Å². The summed E-state index contributed by atoms with van der Waals surface area (Å²) in [4.78, 5) is 24.9. The van der Waals surface area contributed by atoms with Gasteiger partial charge in [0, 0.05) is 6.54 Å². The van der Waals surface area contributed by atoms with Gasteiger partial charge in [0.1, 0.15) is 6.54 Å². The highest BCUT2D eigenvalue weighted by Gasteiger charge is 2.17. The SMILES string of the molecule is COc1cccc(C[NH+](C)CC(=O)NC(=O)NCc2ccccc2)c1OC. The number of hydrogen-bond donors (Lipinski definition) is 3. The number of hydrogen-bond acceptors (Lipinski definition) is 4. The molecule has 27 heavy (non-hydrogen) atoms. The van der Waals surface area contributed by atoms with Gasteiger partial charge >= 0.3 is 6.03 Å². The van der Waals surface area contributed by atoms with Gasteiger partial charge < -0.3 is 19.7 Å². The van der Waals surface area contributed by atoms with Crippen molar-refractivity contribution in [3.8, 4) is 11.5 Å². The number of likely N-dealkylation sites (N-methyl/N-ethyl adjacent to an activating group) is 1. The maximum atomic E-state index is 12.1. The second-order valence-corrected chi connectivity index (χ2v) is 6.18. The van der Waals surface area contributed by atoms with Crippen LogP contribution in [-0.4, -0.2) is 39.8 Å². The molecule has 7 nitrogen and oxygen atoms in total. The number of ether oxygens (including phenoxy) is 2. The van der Waals surface area contributed by atoms with Crippen LogP contribution in [0, 0.1) is 0 Å². The molecule has 2 rings (SSSR count). The smallest absolute Gasteiger partial charge is 0.321 e. The normalized spacial score (nSPS) is 11.4. The number of carbonyl (C=O) groups excluding carboxylic acids is 2. The third-order valence-corrected chi connectivity index (χ3v) is 3.99. The highest BCUT2D eigenvalue weighted by atomic mass is 16.5. The molecular formula is C20H26N3O4+. The molecule has 0 bridgehead atoms. The van der Waals surface area contributed by atoms with Crippen molar-refractivity contribution in [2.45, 2.75) is 13.1 Å². The van der Waals surface area contributed by atoms with Crippen LogP contribution in [0.25, 0.3) is 0 Å². The summed E-state index contributed by atoms with van der Waals surface area (Å²) in [5.74, 6) is 0.952. The van der Waals surface area contributed by atoms with E-state index >= 15 is 0 Å². The van der Waals surface area contributed by atoms with Gasteiger partial charge in [-0.3, -0.25) is 10.1 Å². The van der Waals surface area contributed by atoms with Gasteiger partial charge in [-0.05, 0) is 17.7 Å². The van der Waals surface area contributed by atoms with E-state index in [1.165, 1.54) is 0 Å². The van der Waals surface area contributed by atoms with E-state index in [4.69, 9.17) is 9.47 Å². The van der Waals surface area contributed by atoms with Crippen molar-refractivity contribution in [1.82, 2.24) is 10.6 Å². The third-order valence-electron chi connectivity index (χ3n) is 3.99. The molecule has 7 heteroatoms. The maximum Gasteiger partial charge on any atom is 0.321 e. The molecule has 0 aliphatic heterocycles. The lowest BCUT2D eigenvalue weighted by molar-refractivity contribution is -0.885. The number of nitrogens with one attached hydrogen (secondary N) is 3. The minimum atomic E-state index is -0.504. The molecule has 0 fully saturated rings. The van der Waals surface area contributed by atoms with Crippen molar-refractivity contribution in [2.24, 2.45) is 0 Å². The molecule has 1 atom stereocenters. The predicted molar refractivity (Wildman–Crippen MR) is 102 cm³/mol. The summed E-state index contributed by atoms with van der Waals surface area (Å²) >= 11 is 0. The largest absolute Gasteiger partial charge is 0.493 e. The summed E-state index contributed by atoms with van der Waals surface area (Å²) in [6, 6.07) is 14.6. The lowest BCUT2D eigenvalue weighted by Crippen LogP contribution is -3.09. The summed E-state index contributed by atoms with van der Waals surface area (Å²) in [5, 5.41) is 5.02. The van der Waals surface area contributed by atoms with Crippen molar-refractivity contribution in [2.75, 3.05) is 27.8 Å². The van der Waals surface area contributed by atoms with Crippen molar-refractivity contribution in [3.05, 3.63) is 59.7 Å². The van der Waals surface area contributed by atoms with E-state index in [9.17, 15) is 9.59 Å². The molecule has 0 spiro atoms. The Labute approximate surface area is 159 Å². The fraction of sp³-hybridized carbons (Fsp3) is 0.300. The molecule has 2 aromatic rings. The minimum absolute atomic E-state index is 0.152. The summed E-state index contributed by atoms with van der Waals surface area (Å²) in [6.45, 7) is 1.07. The lowest BCUT2D eigenvalue weighted by atomic mass is 10.1. The van der Waals surface area contributed by atoms with E-state index in [1.54, 1.807) is 14.2 Å². The Balaban J connectivity index is 1.82. The van der Waals surface area contributed by atoms with Gasteiger partial charge in [-0.15, -0.1) is 0 Å². The average Bonchev–Trinajstić information content (AvgIpc) is 2.66. The zero-order valence-corrected chi connectivity index (χ0v) is 15.9. The predicted octanol–water partition coefficient (Wildman–Crippen LogP) is 0.745. The Kier molecular flexibility index (Phi) is 7.63. The number of urea groups is 1. The Morgan fingerprint density at radius 3 is 2.41 bits per heavy atom. The molecule has 0 aromatic heterocycles.